The number of nitrogens with zero attached hydrogens (tertiary/aromatic N) is 2. The van der Waals surface area contributed by atoms with E-state index in [1.54, 1.807) is 18.3 Å². The zero-order valence-corrected chi connectivity index (χ0v) is 16.0. The number of aromatic nitrogens is 1. The fraction of sp³-hybridized carbons (Fsp3) is 0.421. The van der Waals surface area contributed by atoms with Gasteiger partial charge in [-0.25, -0.2) is 0 Å². The van der Waals surface area contributed by atoms with E-state index in [4.69, 9.17) is 0 Å². The summed E-state index contributed by atoms with van der Waals surface area (Å²) in [5.41, 5.74) is 0.0435. The van der Waals surface area contributed by atoms with Crippen molar-refractivity contribution in [3.63, 3.8) is 0 Å². The number of anilines is 2. The third-order valence-electron chi connectivity index (χ3n) is 4.63. The number of hydrogen-bond donors (Lipinski definition) is 4. The molecule has 3 N–H and O–H groups in total. The summed E-state index contributed by atoms with van der Waals surface area (Å²) in [6.07, 6.45) is 0.709. The number of pyridine rings is 1. The Balaban J connectivity index is 1.79. The van der Waals surface area contributed by atoms with E-state index in [1.165, 1.54) is 12.3 Å². The molecule has 1 aliphatic heterocycles. The van der Waals surface area contributed by atoms with Crippen molar-refractivity contribution in [3.8, 4) is 0 Å². The van der Waals surface area contributed by atoms with E-state index in [0.29, 0.717) is 16.9 Å². The number of thiol groups is 1. The van der Waals surface area contributed by atoms with Gasteiger partial charge in [-0.15, -0.1) is 12.6 Å². The van der Waals surface area contributed by atoms with Crippen molar-refractivity contribution < 1.29 is 18.3 Å². The average molecular weight is 412 g/mol. The first-order valence-electron chi connectivity index (χ1n) is 9.09. The number of nitrogens with one attached hydrogen (secondary N) is 2. The van der Waals surface area contributed by atoms with Crippen LogP contribution in [0.4, 0.5) is 24.5 Å². The number of aliphatic hydroxyl groups is 1. The maximum atomic E-state index is 13.2. The van der Waals surface area contributed by atoms with Crippen LogP contribution in [-0.4, -0.2) is 28.7 Å². The van der Waals surface area contributed by atoms with Gasteiger partial charge in [-0.1, -0.05) is 6.07 Å². The first kappa shape index (κ1) is 20.8. The number of alkyl halides is 3. The molecule has 2 aromatic rings. The molecule has 1 fully saturated rings. The molecule has 1 aromatic heterocycles. The maximum absolute atomic E-state index is 13.2. The van der Waals surface area contributed by atoms with Gasteiger partial charge in [0.25, 0.3) is 0 Å². The summed E-state index contributed by atoms with van der Waals surface area (Å²) in [5, 5.41) is 16.0. The highest BCUT2D eigenvalue weighted by atomic mass is 32.1. The van der Waals surface area contributed by atoms with Crippen LogP contribution in [0.15, 0.2) is 42.7 Å². The molecule has 0 spiro atoms. The van der Waals surface area contributed by atoms with Crippen molar-refractivity contribution in [3.05, 3.63) is 53.9 Å². The fourth-order valence-electron chi connectivity index (χ4n) is 3.21. The Bertz CT molecular complexity index is 770. The van der Waals surface area contributed by atoms with Gasteiger partial charge in [0.1, 0.15) is 11.7 Å². The van der Waals surface area contributed by atoms with E-state index in [1.807, 2.05) is 0 Å². The molecule has 2 atom stereocenters. The minimum absolute atomic E-state index is 0.322. The number of rotatable bonds is 6. The van der Waals surface area contributed by atoms with E-state index in [-0.39, 0.29) is 0 Å². The van der Waals surface area contributed by atoms with Crippen LogP contribution in [0.25, 0.3) is 0 Å². The molecular weight excluding hydrogens is 389 g/mol. The summed E-state index contributed by atoms with van der Waals surface area (Å²) >= 11 is 4.35. The SMILES string of the molecule is OC(NC(S)Nc1cc(C(F)(F)F)ccc1N1CCCCC1)c1cccnc1. The van der Waals surface area contributed by atoms with Gasteiger partial charge in [-0.2, -0.15) is 13.2 Å². The van der Waals surface area contributed by atoms with Crippen molar-refractivity contribution in [2.45, 2.75) is 37.2 Å². The monoisotopic (exact) mass is 412 g/mol. The Morgan fingerprint density at radius 3 is 2.54 bits per heavy atom. The number of piperidine rings is 1. The summed E-state index contributed by atoms with van der Waals surface area (Å²) in [6.45, 7) is 1.59. The zero-order chi connectivity index (χ0) is 20.1. The highest BCUT2D eigenvalue weighted by molar-refractivity contribution is 7.81. The van der Waals surface area contributed by atoms with Gasteiger partial charge in [0.15, 0.2) is 0 Å². The lowest BCUT2D eigenvalue weighted by Gasteiger charge is -2.32. The van der Waals surface area contributed by atoms with E-state index in [2.05, 4.69) is 33.1 Å². The third-order valence-corrected chi connectivity index (χ3v) is 4.91. The third kappa shape index (κ3) is 5.30. The molecule has 2 unspecified atom stereocenters. The van der Waals surface area contributed by atoms with Crippen LogP contribution in [0.5, 0.6) is 0 Å². The molecular formula is C19H23F3N4OS. The molecule has 0 radical (unpaired) electrons. The topological polar surface area (TPSA) is 60.4 Å². The Morgan fingerprint density at radius 2 is 1.89 bits per heavy atom. The van der Waals surface area contributed by atoms with Gasteiger partial charge in [-0.05, 0) is 43.5 Å². The quantitative estimate of drug-likeness (QED) is 0.427. The number of halogens is 3. The molecule has 1 aliphatic rings. The maximum Gasteiger partial charge on any atom is 0.416 e. The van der Waals surface area contributed by atoms with Crippen molar-refractivity contribution in [1.29, 1.82) is 0 Å². The number of aliphatic hydroxyl groups excluding tert-OH is 1. The van der Waals surface area contributed by atoms with Crippen molar-refractivity contribution >= 4 is 24.0 Å². The molecule has 1 saturated heterocycles. The molecule has 5 nitrogen and oxygen atoms in total. The smallest absolute Gasteiger partial charge is 0.374 e. The van der Waals surface area contributed by atoms with Gasteiger partial charge in [0.2, 0.25) is 0 Å². The number of benzene rings is 1. The summed E-state index contributed by atoms with van der Waals surface area (Å²) in [4.78, 5) is 6.01. The van der Waals surface area contributed by atoms with Crippen LogP contribution < -0.4 is 15.5 Å². The van der Waals surface area contributed by atoms with Crippen LogP contribution in [-0.2, 0) is 6.18 Å². The van der Waals surface area contributed by atoms with Gasteiger partial charge in [0, 0.05) is 31.0 Å². The normalized spacial score (nSPS) is 17.2. The van der Waals surface area contributed by atoms with Gasteiger partial charge >= 0.3 is 6.18 Å². The Morgan fingerprint density at radius 1 is 1.14 bits per heavy atom. The number of hydrogen-bond acceptors (Lipinski definition) is 6. The van der Waals surface area contributed by atoms with Gasteiger partial charge in [0.05, 0.1) is 16.9 Å². The summed E-state index contributed by atoms with van der Waals surface area (Å²) in [6, 6.07) is 7.05. The standard InChI is InChI=1S/C19H23F3N4OS/c20-19(21,22)14-6-7-16(26-9-2-1-3-10-26)15(11-14)24-18(28)25-17(27)13-5-4-8-23-12-13/h4-8,11-12,17-18,24-25,27-28H,1-3,9-10H2. The predicted molar refractivity (Wildman–Crippen MR) is 106 cm³/mol. The van der Waals surface area contributed by atoms with E-state index in [9.17, 15) is 18.3 Å². The van der Waals surface area contributed by atoms with Crippen molar-refractivity contribution in [1.82, 2.24) is 10.3 Å². The average Bonchev–Trinajstić information content (AvgIpc) is 2.68. The first-order chi connectivity index (χ1) is 13.3. The summed E-state index contributed by atoms with van der Waals surface area (Å²) in [5.74, 6) is 0. The van der Waals surface area contributed by atoms with E-state index in [0.717, 1.165) is 44.5 Å². The Labute approximate surface area is 167 Å². The molecule has 0 saturated carbocycles. The molecule has 2 heterocycles. The summed E-state index contributed by atoms with van der Waals surface area (Å²) < 4.78 is 39.6. The van der Waals surface area contributed by atoms with Crippen LogP contribution in [0.1, 0.15) is 36.6 Å². The van der Waals surface area contributed by atoms with E-state index >= 15 is 0 Å². The van der Waals surface area contributed by atoms with Crippen LogP contribution in [0.2, 0.25) is 0 Å². The van der Waals surface area contributed by atoms with Crippen LogP contribution in [0.3, 0.4) is 0 Å². The Hall–Kier alpha value is -1.97. The second-order valence-corrected chi connectivity index (χ2v) is 7.20. The second kappa shape index (κ2) is 9.02. The lowest BCUT2D eigenvalue weighted by atomic mass is 10.1. The molecule has 9 heteroatoms. The second-order valence-electron chi connectivity index (χ2n) is 6.68. The molecule has 28 heavy (non-hydrogen) atoms. The minimum atomic E-state index is -4.44. The Kier molecular flexibility index (Phi) is 6.69. The van der Waals surface area contributed by atoms with E-state index < -0.39 is 23.5 Å². The molecule has 0 aliphatic carbocycles. The lowest BCUT2D eigenvalue weighted by molar-refractivity contribution is -0.137. The molecule has 152 valence electrons. The molecule has 3 rings (SSSR count). The minimum Gasteiger partial charge on any atom is -0.374 e. The molecule has 1 aromatic carbocycles. The fourth-order valence-corrected chi connectivity index (χ4v) is 3.49. The zero-order valence-electron chi connectivity index (χ0n) is 15.2. The largest absolute Gasteiger partial charge is 0.416 e. The van der Waals surface area contributed by atoms with Crippen LogP contribution >= 0.6 is 12.6 Å². The van der Waals surface area contributed by atoms with Gasteiger partial charge < -0.3 is 15.3 Å². The highest BCUT2D eigenvalue weighted by Gasteiger charge is 2.32. The first-order valence-corrected chi connectivity index (χ1v) is 9.61. The van der Waals surface area contributed by atoms with Crippen LogP contribution in [0, 0.1) is 0 Å². The predicted octanol–water partition coefficient (Wildman–Crippen LogP) is 4.00. The molecule has 0 amide bonds. The van der Waals surface area contributed by atoms with Crippen molar-refractivity contribution in [2.24, 2.45) is 0 Å². The van der Waals surface area contributed by atoms with Gasteiger partial charge in [-0.3, -0.25) is 10.3 Å². The summed E-state index contributed by atoms with van der Waals surface area (Å²) in [7, 11) is 0. The lowest BCUT2D eigenvalue weighted by Crippen LogP contribution is -2.36. The molecule has 0 bridgehead atoms. The highest BCUT2D eigenvalue weighted by Crippen LogP contribution is 2.36. The van der Waals surface area contributed by atoms with Crippen molar-refractivity contribution in [2.75, 3.05) is 23.3 Å².